The maximum absolute atomic E-state index is 13.1. The van der Waals surface area contributed by atoms with Crippen molar-refractivity contribution in [3.63, 3.8) is 0 Å². The second kappa shape index (κ2) is 10.6. The van der Waals surface area contributed by atoms with E-state index in [2.05, 4.69) is 4.90 Å². The second-order valence-corrected chi connectivity index (χ2v) is 9.29. The van der Waals surface area contributed by atoms with Gasteiger partial charge in [0.1, 0.15) is 11.7 Å². The van der Waals surface area contributed by atoms with Gasteiger partial charge in [0.05, 0.1) is 38.0 Å². The van der Waals surface area contributed by atoms with Crippen molar-refractivity contribution in [2.24, 2.45) is 5.92 Å². The Balaban J connectivity index is 1.97. The molecule has 0 amide bonds. The van der Waals surface area contributed by atoms with Gasteiger partial charge in [0.15, 0.2) is 0 Å². The molecule has 2 aromatic carbocycles. The topological polar surface area (TPSA) is 85.3 Å². The number of methoxy groups -OCH3 is 2. The summed E-state index contributed by atoms with van der Waals surface area (Å²) in [5.41, 5.74) is 3.87. The number of ether oxygens (including phenoxy) is 3. The SMILES string of the molecule is COC(=O)C1=C(O)[C@H](C(=O)OC)[C@H](c2ccc(C)cc2)N(C[C@@H]2CCCO2)[C@H]1c1ccc(C)cc1. The van der Waals surface area contributed by atoms with Crippen molar-refractivity contribution >= 4 is 11.9 Å². The van der Waals surface area contributed by atoms with Crippen molar-refractivity contribution in [1.82, 2.24) is 4.90 Å². The molecule has 1 saturated heterocycles. The van der Waals surface area contributed by atoms with Crippen LogP contribution in [0.5, 0.6) is 0 Å². The van der Waals surface area contributed by atoms with Gasteiger partial charge >= 0.3 is 11.9 Å². The molecule has 0 bridgehead atoms. The zero-order chi connectivity index (χ0) is 25.1. The van der Waals surface area contributed by atoms with Crippen molar-refractivity contribution in [3.8, 4) is 0 Å². The molecule has 0 spiro atoms. The standard InChI is InChI=1S/C28H33NO6/c1-17-7-11-19(12-8-17)24-22(27(31)33-3)26(30)23(28(32)34-4)25(20-13-9-18(2)10-14-20)29(24)16-21-6-5-15-35-21/h7-14,21-22,24-25,30H,5-6,15-16H2,1-4H3/t21-,22+,24-,25-/m0/s1. The molecule has 2 heterocycles. The van der Waals surface area contributed by atoms with E-state index >= 15 is 0 Å². The highest BCUT2D eigenvalue weighted by Gasteiger charge is 2.50. The number of benzene rings is 2. The third-order valence-corrected chi connectivity index (χ3v) is 6.96. The van der Waals surface area contributed by atoms with Gasteiger partial charge in [-0.2, -0.15) is 0 Å². The molecule has 2 aliphatic heterocycles. The lowest BCUT2D eigenvalue weighted by Crippen LogP contribution is -2.49. The lowest BCUT2D eigenvalue weighted by molar-refractivity contribution is -0.150. The van der Waals surface area contributed by atoms with E-state index in [1.165, 1.54) is 14.2 Å². The fourth-order valence-corrected chi connectivity index (χ4v) is 5.17. The number of carbonyl (C=O) groups excluding carboxylic acids is 2. The van der Waals surface area contributed by atoms with E-state index in [9.17, 15) is 14.7 Å². The second-order valence-electron chi connectivity index (χ2n) is 9.29. The molecule has 186 valence electrons. The summed E-state index contributed by atoms with van der Waals surface area (Å²) in [7, 11) is 2.56. The van der Waals surface area contributed by atoms with Gasteiger partial charge in [0.25, 0.3) is 0 Å². The van der Waals surface area contributed by atoms with E-state index in [4.69, 9.17) is 14.2 Å². The first kappa shape index (κ1) is 24.9. The molecule has 1 N–H and O–H groups in total. The largest absolute Gasteiger partial charge is 0.511 e. The van der Waals surface area contributed by atoms with E-state index in [0.717, 1.165) is 35.1 Å². The van der Waals surface area contributed by atoms with Gasteiger partial charge in [-0.15, -0.1) is 0 Å². The highest BCUT2D eigenvalue weighted by atomic mass is 16.5. The molecule has 0 radical (unpaired) electrons. The first-order valence-electron chi connectivity index (χ1n) is 11.9. The molecular weight excluding hydrogens is 446 g/mol. The number of nitrogens with zero attached hydrogens (tertiary/aromatic N) is 1. The summed E-state index contributed by atoms with van der Waals surface area (Å²) < 4.78 is 16.2. The Morgan fingerprint density at radius 1 is 0.971 bits per heavy atom. The summed E-state index contributed by atoms with van der Waals surface area (Å²) in [6.45, 7) is 5.13. The van der Waals surface area contributed by atoms with Crippen LogP contribution in [0.15, 0.2) is 59.9 Å². The molecule has 0 saturated carbocycles. The molecule has 0 aromatic heterocycles. The first-order valence-corrected chi connectivity index (χ1v) is 11.9. The molecule has 2 aliphatic rings. The highest BCUT2D eigenvalue weighted by Crippen LogP contribution is 2.48. The molecule has 4 atom stereocenters. The van der Waals surface area contributed by atoms with Crippen molar-refractivity contribution in [2.75, 3.05) is 27.4 Å². The Morgan fingerprint density at radius 2 is 1.57 bits per heavy atom. The van der Waals surface area contributed by atoms with Gasteiger partial charge in [-0.1, -0.05) is 59.7 Å². The number of carbonyl (C=O) groups is 2. The van der Waals surface area contributed by atoms with Crippen LogP contribution in [0, 0.1) is 19.8 Å². The van der Waals surface area contributed by atoms with Crippen molar-refractivity contribution < 1.29 is 28.9 Å². The monoisotopic (exact) mass is 479 g/mol. The summed E-state index contributed by atoms with van der Waals surface area (Å²) in [6, 6.07) is 14.5. The Kier molecular flexibility index (Phi) is 7.57. The number of aliphatic hydroxyl groups is 1. The van der Waals surface area contributed by atoms with Gasteiger partial charge in [-0.05, 0) is 37.8 Å². The molecule has 7 nitrogen and oxygen atoms in total. The Morgan fingerprint density at radius 3 is 2.09 bits per heavy atom. The maximum Gasteiger partial charge on any atom is 0.339 e. The molecule has 4 rings (SSSR count). The lowest BCUT2D eigenvalue weighted by atomic mass is 9.78. The van der Waals surface area contributed by atoms with E-state index in [-0.39, 0.29) is 17.4 Å². The van der Waals surface area contributed by atoms with Crippen LogP contribution in [0.25, 0.3) is 0 Å². The van der Waals surface area contributed by atoms with Crippen LogP contribution in [0.3, 0.4) is 0 Å². The van der Waals surface area contributed by atoms with Crippen LogP contribution in [-0.4, -0.2) is 55.4 Å². The molecule has 0 unspecified atom stereocenters. The maximum atomic E-state index is 13.1. The third-order valence-electron chi connectivity index (χ3n) is 6.96. The summed E-state index contributed by atoms with van der Waals surface area (Å²) in [5.74, 6) is -2.71. The third kappa shape index (κ3) is 4.97. The van der Waals surface area contributed by atoms with Crippen LogP contribution < -0.4 is 0 Å². The average Bonchev–Trinajstić information content (AvgIpc) is 3.38. The Bertz CT molecular complexity index is 1090. The number of rotatable bonds is 6. The van der Waals surface area contributed by atoms with Crippen molar-refractivity contribution in [3.05, 3.63) is 82.1 Å². The molecule has 2 aromatic rings. The smallest absolute Gasteiger partial charge is 0.339 e. The Labute approximate surface area is 206 Å². The predicted molar refractivity (Wildman–Crippen MR) is 131 cm³/mol. The minimum Gasteiger partial charge on any atom is -0.511 e. The van der Waals surface area contributed by atoms with Gasteiger partial charge < -0.3 is 19.3 Å². The van der Waals surface area contributed by atoms with Gasteiger partial charge in [-0.25, -0.2) is 4.79 Å². The summed E-state index contributed by atoms with van der Waals surface area (Å²) in [5, 5.41) is 11.5. The molecule has 7 heteroatoms. The summed E-state index contributed by atoms with van der Waals surface area (Å²) in [4.78, 5) is 28.3. The number of aryl methyl sites for hydroxylation is 2. The number of esters is 2. The van der Waals surface area contributed by atoms with Crippen LogP contribution in [0.4, 0.5) is 0 Å². The quantitative estimate of drug-likeness (QED) is 0.617. The minimum absolute atomic E-state index is 0.0492. The molecule has 0 aliphatic carbocycles. The van der Waals surface area contributed by atoms with E-state index in [0.29, 0.717) is 13.2 Å². The number of hydrogen-bond acceptors (Lipinski definition) is 7. The van der Waals surface area contributed by atoms with Gasteiger partial charge in [0.2, 0.25) is 0 Å². The Hall–Kier alpha value is -3.16. The molecular formula is C28H33NO6. The van der Waals surface area contributed by atoms with Gasteiger partial charge in [-0.3, -0.25) is 9.69 Å². The summed E-state index contributed by atoms with van der Waals surface area (Å²) in [6.07, 6.45) is 1.77. The fourth-order valence-electron chi connectivity index (χ4n) is 5.17. The van der Waals surface area contributed by atoms with Crippen LogP contribution in [-0.2, 0) is 23.8 Å². The highest BCUT2D eigenvalue weighted by molar-refractivity contribution is 5.93. The van der Waals surface area contributed by atoms with E-state index in [1.807, 2.05) is 62.4 Å². The normalized spacial score (nSPS) is 24.9. The van der Waals surface area contributed by atoms with Crippen molar-refractivity contribution in [1.29, 1.82) is 0 Å². The minimum atomic E-state index is -1.10. The fraction of sp³-hybridized carbons (Fsp3) is 0.429. The number of hydrogen-bond donors (Lipinski definition) is 1. The van der Waals surface area contributed by atoms with E-state index in [1.54, 1.807) is 0 Å². The zero-order valence-corrected chi connectivity index (χ0v) is 20.7. The number of aliphatic hydroxyl groups excluding tert-OH is 1. The van der Waals surface area contributed by atoms with Crippen LogP contribution >= 0.6 is 0 Å². The molecule has 35 heavy (non-hydrogen) atoms. The van der Waals surface area contributed by atoms with E-state index < -0.39 is 29.9 Å². The van der Waals surface area contributed by atoms with Crippen molar-refractivity contribution in [2.45, 2.75) is 44.9 Å². The van der Waals surface area contributed by atoms with Crippen LogP contribution in [0.1, 0.15) is 47.2 Å². The van der Waals surface area contributed by atoms with Gasteiger partial charge in [0, 0.05) is 13.2 Å². The average molecular weight is 480 g/mol. The lowest BCUT2D eigenvalue weighted by Gasteiger charge is -2.46. The first-order chi connectivity index (χ1) is 16.8. The van der Waals surface area contributed by atoms with Crippen LogP contribution in [0.2, 0.25) is 0 Å². The predicted octanol–water partition coefficient (Wildman–Crippen LogP) is 4.35. The molecule has 1 fully saturated rings. The zero-order valence-electron chi connectivity index (χ0n) is 20.7. The summed E-state index contributed by atoms with van der Waals surface area (Å²) >= 11 is 0.